The number of hydrogen-bond donors (Lipinski definition) is 1. The van der Waals surface area contributed by atoms with Crippen LogP contribution in [-0.2, 0) is 0 Å². The molecule has 0 heterocycles. The predicted molar refractivity (Wildman–Crippen MR) is 35.8 cm³/mol. The summed E-state index contributed by atoms with van der Waals surface area (Å²) >= 11 is 1.00. The van der Waals surface area contributed by atoms with E-state index >= 15 is 0 Å². The molecule has 0 aromatic heterocycles. The van der Waals surface area contributed by atoms with E-state index in [2.05, 4.69) is 3.13 Å². The van der Waals surface area contributed by atoms with Gasteiger partial charge in [-0.05, 0) is 0 Å². The topological polar surface area (TPSA) is 12.0 Å². The van der Waals surface area contributed by atoms with Gasteiger partial charge in [-0.15, -0.1) is 0 Å². The van der Waals surface area contributed by atoms with Gasteiger partial charge in [-0.1, -0.05) is 0 Å². The van der Waals surface area contributed by atoms with Crippen molar-refractivity contribution in [2.45, 2.75) is 38.1 Å². The van der Waals surface area contributed by atoms with Crippen LogP contribution in [-0.4, -0.2) is 32.1 Å². The molecule has 1 aliphatic carbocycles. The molecule has 1 saturated carbocycles. The van der Waals surface area contributed by atoms with Gasteiger partial charge in [0.25, 0.3) is 0 Å². The van der Waals surface area contributed by atoms with Crippen LogP contribution in [0.5, 0.6) is 0 Å². The van der Waals surface area contributed by atoms with Crippen LogP contribution in [0, 0.1) is 0 Å². The summed E-state index contributed by atoms with van der Waals surface area (Å²) in [5.41, 5.74) is 0. The summed E-state index contributed by atoms with van der Waals surface area (Å²) in [5, 5.41) is 0. The van der Waals surface area contributed by atoms with E-state index in [0.29, 0.717) is 0 Å². The Morgan fingerprint density at radius 2 is 1.75 bits per heavy atom. The van der Waals surface area contributed by atoms with Gasteiger partial charge in [-0.25, -0.2) is 0 Å². The molecule has 0 aliphatic heterocycles. The average molecular weight is 303 g/mol. The van der Waals surface area contributed by atoms with Crippen molar-refractivity contribution in [2.24, 2.45) is 0 Å². The fraction of sp³-hybridized carbons (Fsp3) is 1.00. The van der Waals surface area contributed by atoms with E-state index in [9.17, 15) is 0 Å². The van der Waals surface area contributed by atoms with Crippen molar-refractivity contribution in [3.05, 3.63) is 0 Å². The second-order valence-corrected chi connectivity index (χ2v) is 3.80. The van der Waals surface area contributed by atoms with Crippen LogP contribution in [0.3, 0.4) is 0 Å². The fourth-order valence-electron chi connectivity index (χ4n) is 1.27. The molecule has 8 heavy (non-hydrogen) atoms. The molecule has 0 radical (unpaired) electrons. The maximum absolute atomic E-state index is 3.47. The Morgan fingerprint density at radius 1 is 1.12 bits per heavy atom. The van der Waals surface area contributed by atoms with Crippen molar-refractivity contribution in [1.82, 2.24) is 3.13 Å². The zero-order valence-electron chi connectivity index (χ0n) is 5.19. The van der Waals surface area contributed by atoms with E-state index in [1.165, 1.54) is 32.1 Å². The van der Waals surface area contributed by atoms with Crippen molar-refractivity contribution >= 4 is 26.1 Å². The Hall–Kier alpha value is 0.882. The summed E-state index contributed by atoms with van der Waals surface area (Å²) in [6, 6.07) is 0.911. The van der Waals surface area contributed by atoms with Crippen molar-refractivity contribution in [3.63, 3.8) is 0 Å². The Balaban J connectivity index is 2.13. The molecule has 44 valence electrons. The average Bonchev–Trinajstić information content (AvgIpc) is 1.90. The van der Waals surface area contributed by atoms with Crippen molar-refractivity contribution in [1.29, 1.82) is 0 Å². The minimum atomic E-state index is 0.911. The van der Waals surface area contributed by atoms with Gasteiger partial charge in [-0.2, -0.15) is 0 Å². The summed E-state index contributed by atoms with van der Waals surface area (Å²) in [6.07, 6.45) is 7.28. The first-order valence-corrected chi connectivity index (χ1v) is 5.64. The van der Waals surface area contributed by atoms with Gasteiger partial charge in [0.05, 0.1) is 0 Å². The van der Waals surface area contributed by atoms with E-state index in [-0.39, 0.29) is 0 Å². The van der Waals surface area contributed by atoms with E-state index in [4.69, 9.17) is 0 Å². The second kappa shape index (κ2) is 3.82. The molecule has 0 aromatic rings. The number of rotatable bonds is 1. The summed E-state index contributed by atoms with van der Waals surface area (Å²) in [7, 11) is 0. The molecular formula is C6H12NTl. The molecule has 1 aliphatic rings. The van der Waals surface area contributed by atoms with E-state index in [1.54, 1.807) is 0 Å². The molecule has 0 amide bonds. The van der Waals surface area contributed by atoms with Gasteiger partial charge >= 0.3 is 67.3 Å². The zero-order chi connectivity index (χ0) is 5.82. The standard InChI is InChI=1S/C6H12N.Tl/c7-6-4-2-1-3-5-6;/h6-7H,1-5H2;/q-1;+1. The third kappa shape index (κ3) is 2.01. The summed E-state index contributed by atoms with van der Waals surface area (Å²) < 4.78 is 3.47. The quantitative estimate of drug-likeness (QED) is 0.713. The number of nitrogens with one attached hydrogen (secondary N) is 1. The predicted octanol–water partition coefficient (Wildman–Crippen LogP) is 0.992. The number of hydrogen-bond acceptors (Lipinski definition) is 1. The van der Waals surface area contributed by atoms with Gasteiger partial charge in [0.2, 0.25) is 0 Å². The molecule has 0 aromatic carbocycles. The second-order valence-electron chi connectivity index (χ2n) is 2.50. The third-order valence-corrected chi connectivity index (χ3v) is 3.67. The monoisotopic (exact) mass is 303 g/mol. The molecule has 2 heteroatoms. The van der Waals surface area contributed by atoms with Crippen LogP contribution < -0.4 is 3.13 Å². The van der Waals surface area contributed by atoms with Crippen molar-refractivity contribution < 1.29 is 0 Å². The Labute approximate surface area is 67.3 Å². The van der Waals surface area contributed by atoms with Crippen LogP contribution in [0.2, 0.25) is 0 Å². The van der Waals surface area contributed by atoms with Crippen LogP contribution >= 0.6 is 0 Å². The zero-order valence-corrected chi connectivity index (χ0v) is 9.68. The van der Waals surface area contributed by atoms with Gasteiger partial charge in [0.1, 0.15) is 0 Å². The van der Waals surface area contributed by atoms with Crippen LogP contribution in [0.1, 0.15) is 32.1 Å². The van der Waals surface area contributed by atoms with Crippen molar-refractivity contribution in [3.8, 4) is 0 Å². The van der Waals surface area contributed by atoms with E-state index in [0.717, 1.165) is 32.1 Å². The van der Waals surface area contributed by atoms with Gasteiger partial charge in [0, 0.05) is 0 Å². The Bertz CT molecular complexity index is 59.5. The maximum atomic E-state index is 3.47. The summed E-state index contributed by atoms with van der Waals surface area (Å²) in [6.45, 7) is 0. The third-order valence-electron chi connectivity index (χ3n) is 1.84. The molecule has 0 spiro atoms. The van der Waals surface area contributed by atoms with Crippen molar-refractivity contribution in [2.75, 3.05) is 0 Å². The molecular weight excluding hydrogens is 290 g/mol. The van der Waals surface area contributed by atoms with Crippen LogP contribution in [0.25, 0.3) is 0 Å². The van der Waals surface area contributed by atoms with Gasteiger partial charge < -0.3 is 0 Å². The molecule has 1 rings (SSSR count). The Kier molecular flexibility index (Phi) is 3.34. The van der Waals surface area contributed by atoms with Gasteiger partial charge in [-0.3, -0.25) is 0 Å². The van der Waals surface area contributed by atoms with Crippen LogP contribution in [0.4, 0.5) is 0 Å². The van der Waals surface area contributed by atoms with Crippen LogP contribution in [0.15, 0.2) is 0 Å². The SMILES string of the molecule is [Tl][NH]C1CCCCC1. The molecule has 1 nitrogen and oxygen atoms in total. The minimum absolute atomic E-state index is 0.911. The molecule has 0 atom stereocenters. The molecule has 1 N–H and O–H groups in total. The molecule has 0 bridgehead atoms. The molecule has 0 saturated heterocycles. The first-order valence-electron chi connectivity index (χ1n) is 3.39. The van der Waals surface area contributed by atoms with E-state index < -0.39 is 0 Å². The normalized spacial score (nSPS) is 23.4. The van der Waals surface area contributed by atoms with E-state index in [1.807, 2.05) is 0 Å². The fourth-order valence-corrected chi connectivity index (χ4v) is 2.57. The Morgan fingerprint density at radius 3 is 2.12 bits per heavy atom. The first kappa shape index (κ1) is 6.99. The molecule has 0 unspecified atom stereocenters. The summed E-state index contributed by atoms with van der Waals surface area (Å²) in [5.74, 6) is 0. The first-order chi connectivity index (χ1) is 3.93. The molecule has 1 fully saturated rings. The summed E-state index contributed by atoms with van der Waals surface area (Å²) in [4.78, 5) is 0. The van der Waals surface area contributed by atoms with Gasteiger partial charge in [0.15, 0.2) is 0 Å².